The smallest absolute Gasteiger partial charge is 0.348 e. The van der Waals surface area contributed by atoms with Crippen molar-refractivity contribution in [1.29, 1.82) is 0 Å². The van der Waals surface area contributed by atoms with E-state index in [0.717, 1.165) is 11.3 Å². The van der Waals surface area contributed by atoms with E-state index in [1.165, 1.54) is 4.40 Å². The van der Waals surface area contributed by atoms with E-state index in [9.17, 15) is 4.79 Å². The van der Waals surface area contributed by atoms with Crippen LogP contribution in [0.3, 0.4) is 0 Å². The number of rotatable bonds is 2. The zero-order valence-electron chi connectivity index (χ0n) is 10.2. The Labute approximate surface area is 130 Å². The summed E-state index contributed by atoms with van der Waals surface area (Å²) in [6.07, 6.45) is 0. The number of hydrogen-bond donors (Lipinski definition) is 1. The van der Waals surface area contributed by atoms with Crippen molar-refractivity contribution in [3.8, 4) is 17.0 Å². The van der Waals surface area contributed by atoms with Crippen LogP contribution in [0.4, 0.5) is 0 Å². The van der Waals surface area contributed by atoms with Crippen molar-refractivity contribution in [2.24, 2.45) is 0 Å². The second-order valence-corrected chi connectivity index (χ2v) is 5.46. The molecular weight excluding hydrogens is 392 g/mol. The molecule has 2 aromatic heterocycles. The third-order valence-corrected chi connectivity index (χ3v) is 4.64. The molecule has 0 unspecified atom stereocenters. The Hall–Kier alpha value is -1.67. The van der Waals surface area contributed by atoms with Gasteiger partial charge in [-0.15, -0.1) is 0 Å². The molecule has 2 heterocycles. The number of ether oxygens (including phenoxy) is 1. The summed E-state index contributed by atoms with van der Waals surface area (Å²) in [5.41, 5.74) is 1.52. The lowest BCUT2D eigenvalue weighted by Crippen LogP contribution is -2.18. The van der Waals surface area contributed by atoms with Crippen LogP contribution in [0, 0.1) is 0 Å². The van der Waals surface area contributed by atoms with Crippen molar-refractivity contribution >= 4 is 37.5 Å². The fourth-order valence-electron chi connectivity index (χ4n) is 1.86. The molecule has 1 aromatic carbocycles. The van der Waals surface area contributed by atoms with Crippen molar-refractivity contribution < 1.29 is 4.74 Å². The minimum absolute atomic E-state index is 0.359. The summed E-state index contributed by atoms with van der Waals surface area (Å²) < 4.78 is 7.63. The zero-order valence-corrected chi connectivity index (χ0v) is 13.4. The number of aromatic amines is 1. The molecule has 6 nitrogen and oxygen atoms in total. The fraction of sp³-hybridized carbons (Fsp3) is 0.0833. The highest BCUT2D eigenvalue weighted by molar-refractivity contribution is 9.13. The topological polar surface area (TPSA) is 72.3 Å². The van der Waals surface area contributed by atoms with Gasteiger partial charge in [-0.2, -0.15) is 5.10 Å². The van der Waals surface area contributed by atoms with E-state index in [1.807, 2.05) is 24.3 Å². The summed E-state index contributed by atoms with van der Waals surface area (Å²) in [5, 5.41) is 6.54. The summed E-state index contributed by atoms with van der Waals surface area (Å²) in [6, 6.07) is 7.36. The quantitative estimate of drug-likeness (QED) is 0.718. The molecule has 0 saturated carbocycles. The molecule has 0 radical (unpaired) electrons. The highest BCUT2D eigenvalue weighted by atomic mass is 79.9. The van der Waals surface area contributed by atoms with E-state index in [2.05, 4.69) is 47.0 Å². The molecule has 0 spiro atoms. The number of aromatic nitrogens is 4. The summed E-state index contributed by atoms with van der Waals surface area (Å²) in [4.78, 5) is 16.1. The maximum atomic E-state index is 11.8. The first-order chi connectivity index (χ1) is 9.61. The number of halogens is 2. The van der Waals surface area contributed by atoms with Gasteiger partial charge < -0.3 is 4.74 Å². The first kappa shape index (κ1) is 13.3. The molecule has 0 aliphatic rings. The number of nitrogens with zero attached hydrogens (tertiary/aromatic N) is 3. The normalized spacial score (nSPS) is 10.9. The average molecular weight is 400 g/mol. The second kappa shape index (κ2) is 5.02. The lowest BCUT2D eigenvalue weighted by molar-refractivity contribution is 0.415. The Morgan fingerprint density at radius 3 is 2.60 bits per heavy atom. The second-order valence-electron chi connectivity index (χ2n) is 3.96. The van der Waals surface area contributed by atoms with Gasteiger partial charge in [0.2, 0.25) is 0 Å². The molecule has 0 aliphatic carbocycles. The van der Waals surface area contributed by atoms with Crippen LogP contribution in [0.1, 0.15) is 0 Å². The molecule has 0 fully saturated rings. The van der Waals surface area contributed by atoms with Crippen molar-refractivity contribution in [3.63, 3.8) is 0 Å². The molecule has 20 heavy (non-hydrogen) atoms. The van der Waals surface area contributed by atoms with Gasteiger partial charge in [-0.1, -0.05) is 0 Å². The van der Waals surface area contributed by atoms with Gasteiger partial charge in [0.25, 0.3) is 0 Å². The van der Waals surface area contributed by atoms with Crippen molar-refractivity contribution in [2.45, 2.75) is 0 Å². The third kappa shape index (κ3) is 2.04. The van der Waals surface area contributed by atoms with Crippen LogP contribution in [0.2, 0.25) is 0 Å². The maximum absolute atomic E-state index is 11.8. The van der Waals surface area contributed by atoms with Gasteiger partial charge >= 0.3 is 5.69 Å². The molecule has 0 bridgehead atoms. The summed E-state index contributed by atoms with van der Waals surface area (Å²) in [6.45, 7) is 0. The molecule has 8 heteroatoms. The number of hydrogen-bond acceptors (Lipinski definition) is 4. The van der Waals surface area contributed by atoms with E-state index in [1.54, 1.807) is 7.11 Å². The summed E-state index contributed by atoms with van der Waals surface area (Å²) >= 11 is 6.61. The van der Waals surface area contributed by atoms with E-state index >= 15 is 0 Å². The Morgan fingerprint density at radius 1 is 1.25 bits per heavy atom. The Bertz CT molecular complexity index is 839. The largest absolute Gasteiger partial charge is 0.497 e. The van der Waals surface area contributed by atoms with Crippen LogP contribution in [-0.4, -0.2) is 26.7 Å². The van der Waals surface area contributed by atoms with Crippen molar-refractivity contribution in [1.82, 2.24) is 19.6 Å². The molecule has 0 aliphatic heterocycles. The van der Waals surface area contributed by atoms with Crippen LogP contribution >= 0.6 is 31.9 Å². The van der Waals surface area contributed by atoms with Crippen LogP contribution in [0.5, 0.6) is 5.75 Å². The lowest BCUT2D eigenvalue weighted by Gasteiger charge is -2.04. The first-order valence-corrected chi connectivity index (χ1v) is 7.17. The Kier molecular flexibility index (Phi) is 3.35. The third-order valence-electron chi connectivity index (χ3n) is 2.82. The average Bonchev–Trinajstić information content (AvgIpc) is 2.76. The van der Waals surface area contributed by atoms with Gasteiger partial charge in [0.1, 0.15) is 20.6 Å². The van der Waals surface area contributed by atoms with Gasteiger partial charge in [-0.05, 0) is 56.1 Å². The van der Waals surface area contributed by atoms with Crippen molar-refractivity contribution in [3.05, 3.63) is 44.0 Å². The lowest BCUT2D eigenvalue weighted by atomic mass is 10.1. The number of nitrogens with one attached hydrogen (secondary N) is 1. The minimum atomic E-state index is -0.359. The van der Waals surface area contributed by atoms with Gasteiger partial charge in [-0.25, -0.2) is 19.3 Å². The van der Waals surface area contributed by atoms with Gasteiger partial charge in [0, 0.05) is 5.56 Å². The number of fused-ring (bicyclic) bond motifs is 1. The first-order valence-electron chi connectivity index (χ1n) is 5.58. The predicted molar refractivity (Wildman–Crippen MR) is 81.0 cm³/mol. The van der Waals surface area contributed by atoms with E-state index in [-0.39, 0.29) is 5.69 Å². The highest BCUT2D eigenvalue weighted by Gasteiger charge is 2.16. The molecule has 3 aromatic rings. The molecular formula is C12H8Br2N4O2. The summed E-state index contributed by atoms with van der Waals surface area (Å²) in [7, 11) is 1.61. The molecule has 0 saturated heterocycles. The zero-order chi connectivity index (χ0) is 14.3. The van der Waals surface area contributed by atoms with Crippen LogP contribution < -0.4 is 10.4 Å². The SMILES string of the molecule is COc1ccc(-c2n[nH]c(=O)n3c(Br)c(Br)nc23)cc1. The van der Waals surface area contributed by atoms with Crippen LogP contribution in [0.15, 0.2) is 38.3 Å². The molecule has 3 rings (SSSR count). The predicted octanol–water partition coefficient (Wildman–Crippen LogP) is 2.62. The fourth-order valence-corrected chi connectivity index (χ4v) is 2.63. The van der Waals surface area contributed by atoms with E-state index in [4.69, 9.17) is 4.74 Å². The molecule has 1 N–H and O–H groups in total. The van der Waals surface area contributed by atoms with E-state index in [0.29, 0.717) is 20.5 Å². The Morgan fingerprint density at radius 2 is 1.95 bits per heavy atom. The van der Waals surface area contributed by atoms with Gasteiger partial charge in [0.15, 0.2) is 5.65 Å². The maximum Gasteiger partial charge on any atom is 0.348 e. The monoisotopic (exact) mass is 398 g/mol. The van der Waals surface area contributed by atoms with E-state index < -0.39 is 0 Å². The number of benzene rings is 1. The minimum Gasteiger partial charge on any atom is -0.497 e. The summed E-state index contributed by atoms with van der Waals surface area (Å²) in [5.74, 6) is 0.750. The molecule has 0 amide bonds. The van der Waals surface area contributed by atoms with Crippen molar-refractivity contribution in [2.75, 3.05) is 7.11 Å². The standard InChI is InChI=1S/C12H8Br2N4O2/c1-20-7-4-2-6(3-5-7)8-11-15-9(13)10(14)18(11)12(19)17-16-8/h2-5H,1H3,(H,17,19). The van der Waals surface area contributed by atoms with Gasteiger partial charge in [-0.3, -0.25) is 0 Å². The number of H-pyrrole nitrogens is 1. The van der Waals surface area contributed by atoms with Crippen LogP contribution in [-0.2, 0) is 0 Å². The van der Waals surface area contributed by atoms with Crippen LogP contribution in [0.25, 0.3) is 16.9 Å². The number of imidazole rings is 1. The Balaban J connectivity index is 2.28. The molecule has 102 valence electrons. The molecule has 0 atom stereocenters. The van der Waals surface area contributed by atoms with Gasteiger partial charge in [0.05, 0.1) is 7.11 Å². The number of methoxy groups -OCH3 is 1. The highest BCUT2D eigenvalue weighted by Crippen LogP contribution is 2.28.